The third-order valence-electron chi connectivity index (χ3n) is 1.80. The molecule has 0 spiro atoms. The van der Waals surface area contributed by atoms with Crippen molar-refractivity contribution in [3.05, 3.63) is 23.5 Å². The highest BCUT2D eigenvalue weighted by Crippen LogP contribution is 2.10. The fourth-order valence-corrected chi connectivity index (χ4v) is 1.35. The maximum Gasteiger partial charge on any atom is 0.224 e. The molecule has 0 atom stereocenters. The molecule has 1 heterocycles. The van der Waals surface area contributed by atoms with Crippen molar-refractivity contribution in [3.63, 3.8) is 0 Å². The molecule has 1 rings (SSSR count). The first-order chi connectivity index (χ1) is 7.22. The maximum absolute atomic E-state index is 11.4. The van der Waals surface area contributed by atoms with Crippen molar-refractivity contribution in [2.45, 2.75) is 19.3 Å². The van der Waals surface area contributed by atoms with Crippen LogP contribution in [0.5, 0.6) is 0 Å². The summed E-state index contributed by atoms with van der Waals surface area (Å²) in [6, 6.07) is 3.35. The van der Waals surface area contributed by atoms with Crippen LogP contribution in [0.2, 0.25) is 5.15 Å². The molecule has 5 heteroatoms. The summed E-state index contributed by atoms with van der Waals surface area (Å²) in [6.07, 6.45) is 3.67. The summed E-state index contributed by atoms with van der Waals surface area (Å²) in [5, 5.41) is 3.14. The van der Waals surface area contributed by atoms with Crippen molar-refractivity contribution in [1.82, 2.24) is 4.98 Å². The molecule has 1 N–H and O–H groups in total. The predicted molar refractivity (Wildman–Crippen MR) is 62.4 cm³/mol. The molecular weight excluding hydrogens is 235 g/mol. The Labute approximate surface area is 98.8 Å². The monoisotopic (exact) mass is 246 g/mol. The summed E-state index contributed by atoms with van der Waals surface area (Å²) in [4.78, 5) is 15.2. The van der Waals surface area contributed by atoms with Crippen molar-refractivity contribution in [2.75, 3.05) is 11.2 Å². The lowest BCUT2D eigenvalue weighted by Crippen LogP contribution is -2.11. The van der Waals surface area contributed by atoms with Gasteiger partial charge in [-0.1, -0.05) is 11.6 Å². The van der Waals surface area contributed by atoms with Gasteiger partial charge in [-0.15, -0.1) is 11.6 Å². The fraction of sp³-hybridized carbons (Fsp3) is 0.400. The third kappa shape index (κ3) is 5.00. The minimum atomic E-state index is -0.0239. The Hall–Kier alpha value is -0.800. The van der Waals surface area contributed by atoms with E-state index in [1.807, 2.05) is 0 Å². The van der Waals surface area contributed by atoms with Crippen LogP contribution in [0.25, 0.3) is 0 Å². The number of anilines is 1. The van der Waals surface area contributed by atoms with Gasteiger partial charge in [0, 0.05) is 12.3 Å². The number of halogens is 2. The molecule has 1 amide bonds. The molecule has 82 valence electrons. The Kier molecular flexibility index (Phi) is 5.43. The van der Waals surface area contributed by atoms with Gasteiger partial charge in [0.15, 0.2) is 0 Å². The van der Waals surface area contributed by atoms with E-state index in [1.165, 1.54) is 6.20 Å². The van der Waals surface area contributed by atoms with Gasteiger partial charge in [-0.3, -0.25) is 4.79 Å². The van der Waals surface area contributed by atoms with Gasteiger partial charge in [-0.2, -0.15) is 0 Å². The number of alkyl halides is 1. The first kappa shape index (κ1) is 12.3. The second kappa shape index (κ2) is 6.64. The van der Waals surface area contributed by atoms with Crippen molar-refractivity contribution in [1.29, 1.82) is 0 Å². The fourth-order valence-electron chi connectivity index (χ4n) is 1.05. The van der Waals surface area contributed by atoms with Crippen LogP contribution in [-0.2, 0) is 4.79 Å². The van der Waals surface area contributed by atoms with E-state index in [1.54, 1.807) is 12.1 Å². The molecule has 15 heavy (non-hydrogen) atoms. The smallest absolute Gasteiger partial charge is 0.224 e. The van der Waals surface area contributed by atoms with E-state index >= 15 is 0 Å². The molecular formula is C10H12Cl2N2O. The van der Waals surface area contributed by atoms with Crippen molar-refractivity contribution in [2.24, 2.45) is 0 Å². The number of carbonyl (C=O) groups is 1. The van der Waals surface area contributed by atoms with E-state index in [4.69, 9.17) is 23.2 Å². The maximum atomic E-state index is 11.4. The van der Waals surface area contributed by atoms with Crippen LogP contribution in [0.15, 0.2) is 18.3 Å². The van der Waals surface area contributed by atoms with Crippen molar-refractivity contribution >= 4 is 34.8 Å². The molecule has 0 aliphatic carbocycles. The van der Waals surface area contributed by atoms with E-state index in [9.17, 15) is 4.79 Å². The number of carbonyl (C=O) groups excluding carboxylic acids is 1. The topological polar surface area (TPSA) is 42.0 Å². The lowest BCUT2D eigenvalue weighted by molar-refractivity contribution is -0.116. The Morgan fingerprint density at radius 2 is 2.20 bits per heavy atom. The normalized spacial score (nSPS) is 10.0. The van der Waals surface area contributed by atoms with Crippen LogP contribution in [0, 0.1) is 0 Å². The van der Waals surface area contributed by atoms with E-state index in [0.29, 0.717) is 23.1 Å². The summed E-state index contributed by atoms with van der Waals surface area (Å²) < 4.78 is 0. The molecule has 0 aliphatic heterocycles. The van der Waals surface area contributed by atoms with E-state index < -0.39 is 0 Å². The van der Waals surface area contributed by atoms with Gasteiger partial charge < -0.3 is 5.32 Å². The van der Waals surface area contributed by atoms with E-state index in [2.05, 4.69) is 10.3 Å². The summed E-state index contributed by atoms with van der Waals surface area (Å²) in [5.74, 6) is 0.569. The Bertz CT molecular complexity index is 314. The number of aromatic nitrogens is 1. The van der Waals surface area contributed by atoms with E-state index in [-0.39, 0.29) is 5.91 Å². The zero-order valence-electron chi connectivity index (χ0n) is 8.17. The molecule has 0 saturated heterocycles. The number of amides is 1. The van der Waals surface area contributed by atoms with Crippen LogP contribution in [0.1, 0.15) is 19.3 Å². The van der Waals surface area contributed by atoms with Gasteiger partial charge >= 0.3 is 0 Å². The van der Waals surface area contributed by atoms with E-state index in [0.717, 1.165) is 12.8 Å². The van der Waals surface area contributed by atoms with Gasteiger partial charge in [-0.25, -0.2) is 4.98 Å². The number of unbranched alkanes of at least 4 members (excludes halogenated alkanes) is 1. The molecule has 3 nitrogen and oxygen atoms in total. The standard InChI is InChI=1S/C10H12Cl2N2O/c11-6-2-1-3-10(15)14-8-4-5-9(12)13-7-8/h4-5,7H,1-3,6H2,(H,14,15). The lowest BCUT2D eigenvalue weighted by atomic mass is 10.2. The summed E-state index contributed by atoms with van der Waals surface area (Å²) in [5.41, 5.74) is 0.662. The van der Waals surface area contributed by atoms with Gasteiger partial charge in [0.2, 0.25) is 5.91 Å². The second-order valence-corrected chi connectivity index (χ2v) is 3.83. The number of hydrogen-bond acceptors (Lipinski definition) is 2. The molecule has 0 radical (unpaired) electrons. The van der Waals surface area contributed by atoms with Gasteiger partial charge in [0.25, 0.3) is 0 Å². The highest BCUT2D eigenvalue weighted by Gasteiger charge is 2.01. The zero-order valence-corrected chi connectivity index (χ0v) is 9.68. The lowest BCUT2D eigenvalue weighted by Gasteiger charge is -2.03. The largest absolute Gasteiger partial charge is 0.325 e. The molecule has 0 aliphatic rings. The first-order valence-corrected chi connectivity index (χ1v) is 5.61. The van der Waals surface area contributed by atoms with Gasteiger partial charge in [-0.05, 0) is 25.0 Å². The molecule has 0 bridgehead atoms. The number of pyridine rings is 1. The SMILES string of the molecule is O=C(CCCCCl)Nc1ccc(Cl)nc1. The molecule has 0 aromatic carbocycles. The zero-order chi connectivity index (χ0) is 11.1. The molecule has 0 fully saturated rings. The highest BCUT2D eigenvalue weighted by molar-refractivity contribution is 6.29. The average Bonchev–Trinajstić information content (AvgIpc) is 2.22. The predicted octanol–water partition coefficient (Wildman–Crippen LogP) is 3.08. The number of nitrogens with one attached hydrogen (secondary N) is 1. The Morgan fingerprint density at radius 3 is 2.80 bits per heavy atom. The average molecular weight is 247 g/mol. The quantitative estimate of drug-likeness (QED) is 0.493. The number of hydrogen-bond donors (Lipinski definition) is 1. The van der Waals surface area contributed by atoms with Crippen LogP contribution >= 0.6 is 23.2 Å². The second-order valence-electron chi connectivity index (χ2n) is 3.06. The third-order valence-corrected chi connectivity index (χ3v) is 2.29. The Morgan fingerprint density at radius 1 is 1.40 bits per heavy atom. The molecule has 0 saturated carbocycles. The number of rotatable bonds is 5. The van der Waals surface area contributed by atoms with Crippen LogP contribution < -0.4 is 5.32 Å². The summed E-state index contributed by atoms with van der Waals surface area (Å²) in [6.45, 7) is 0. The van der Waals surface area contributed by atoms with Crippen LogP contribution in [0.4, 0.5) is 5.69 Å². The van der Waals surface area contributed by atoms with Gasteiger partial charge in [0.1, 0.15) is 5.15 Å². The summed E-state index contributed by atoms with van der Waals surface area (Å²) in [7, 11) is 0. The summed E-state index contributed by atoms with van der Waals surface area (Å²) >= 11 is 11.1. The highest BCUT2D eigenvalue weighted by atomic mass is 35.5. The van der Waals surface area contributed by atoms with Crippen molar-refractivity contribution < 1.29 is 4.79 Å². The first-order valence-electron chi connectivity index (χ1n) is 4.70. The molecule has 1 aromatic heterocycles. The van der Waals surface area contributed by atoms with Crippen LogP contribution in [-0.4, -0.2) is 16.8 Å². The van der Waals surface area contributed by atoms with Crippen molar-refractivity contribution in [3.8, 4) is 0 Å². The minimum Gasteiger partial charge on any atom is -0.325 e. The molecule has 1 aromatic rings. The minimum absolute atomic E-state index is 0.0239. The Balaban J connectivity index is 2.34. The number of nitrogens with zero attached hydrogens (tertiary/aromatic N) is 1. The van der Waals surface area contributed by atoms with Gasteiger partial charge in [0.05, 0.1) is 11.9 Å². The molecule has 0 unspecified atom stereocenters. The van der Waals surface area contributed by atoms with Crippen LogP contribution in [0.3, 0.4) is 0 Å².